The van der Waals surface area contributed by atoms with Gasteiger partial charge in [-0.3, -0.25) is 4.79 Å². The van der Waals surface area contributed by atoms with Crippen molar-refractivity contribution in [2.24, 2.45) is 0 Å². The maximum atomic E-state index is 10.2. The molecule has 0 aliphatic heterocycles. The molecule has 0 amide bonds. The molecule has 0 saturated heterocycles. The van der Waals surface area contributed by atoms with Crippen LogP contribution in [0.25, 0.3) is 0 Å². The normalized spacial score (nSPS) is 9.09. The van der Waals surface area contributed by atoms with Gasteiger partial charge in [0.25, 0.3) is 0 Å². The van der Waals surface area contributed by atoms with Crippen molar-refractivity contribution >= 4 is 12.3 Å². The Hall–Kier alpha value is -1.78. The minimum Gasteiger partial charge on any atom is -0.475 e. The molecule has 1 heterocycles. The predicted octanol–water partition coefficient (Wildman–Crippen LogP) is -0.0127. The number of hydrogen-bond acceptors (Lipinski definition) is 4. The summed E-state index contributed by atoms with van der Waals surface area (Å²) in [6, 6.07) is 0. The zero-order valence-electron chi connectivity index (χ0n) is 5.39. The van der Waals surface area contributed by atoms with E-state index in [9.17, 15) is 9.59 Å². The SMILES string of the molecule is O=Cc1cnc(C(=O)O)nc1. The van der Waals surface area contributed by atoms with Crippen molar-refractivity contribution in [2.75, 3.05) is 0 Å². The van der Waals surface area contributed by atoms with E-state index in [4.69, 9.17) is 5.11 Å². The van der Waals surface area contributed by atoms with Gasteiger partial charge in [0.15, 0.2) is 6.29 Å². The summed E-state index contributed by atoms with van der Waals surface area (Å²) in [6.45, 7) is 0. The monoisotopic (exact) mass is 152 g/mol. The number of carboxylic acids is 1. The smallest absolute Gasteiger partial charge is 0.373 e. The average molecular weight is 152 g/mol. The zero-order valence-corrected chi connectivity index (χ0v) is 5.39. The molecule has 5 heteroatoms. The van der Waals surface area contributed by atoms with E-state index in [-0.39, 0.29) is 11.4 Å². The summed E-state index contributed by atoms with van der Waals surface area (Å²) < 4.78 is 0. The van der Waals surface area contributed by atoms with Crippen molar-refractivity contribution in [3.05, 3.63) is 23.8 Å². The molecular formula is C6H4N2O3. The van der Waals surface area contributed by atoms with Crippen LogP contribution >= 0.6 is 0 Å². The van der Waals surface area contributed by atoms with Gasteiger partial charge in [-0.15, -0.1) is 0 Å². The van der Waals surface area contributed by atoms with Crippen LogP contribution in [-0.2, 0) is 0 Å². The lowest BCUT2D eigenvalue weighted by atomic mass is 10.4. The number of aromatic carboxylic acids is 1. The van der Waals surface area contributed by atoms with Crippen molar-refractivity contribution in [1.29, 1.82) is 0 Å². The van der Waals surface area contributed by atoms with Gasteiger partial charge in [0.2, 0.25) is 5.82 Å². The van der Waals surface area contributed by atoms with Gasteiger partial charge < -0.3 is 5.11 Å². The molecule has 0 atom stereocenters. The number of hydrogen-bond donors (Lipinski definition) is 1. The van der Waals surface area contributed by atoms with Crippen LogP contribution in [-0.4, -0.2) is 27.3 Å². The lowest BCUT2D eigenvalue weighted by Gasteiger charge is -1.90. The summed E-state index contributed by atoms with van der Waals surface area (Å²) in [6.07, 6.45) is 2.86. The standard InChI is InChI=1S/C6H4N2O3/c9-3-4-1-7-5(6(10)11)8-2-4/h1-3H,(H,10,11). The quantitative estimate of drug-likeness (QED) is 0.602. The summed E-state index contributed by atoms with van der Waals surface area (Å²) in [5.74, 6) is -1.52. The molecule has 5 nitrogen and oxygen atoms in total. The van der Waals surface area contributed by atoms with Crippen LogP contribution in [0.4, 0.5) is 0 Å². The lowest BCUT2D eigenvalue weighted by molar-refractivity contribution is 0.0683. The second kappa shape index (κ2) is 2.87. The Morgan fingerprint density at radius 1 is 1.45 bits per heavy atom. The third-order valence-corrected chi connectivity index (χ3v) is 0.999. The molecular weight excluding hydrogens is 148 g/mol. The largest absolute Gasteiger partial charge is 0.475 e. The van der Waals surface area contributed by atoms with Crippen LogP contribution in [0.15, 0.2) is 12.4 Å². The van der Waals surface area contributed by atoms with E-state index in [1.807, 2.05) is 0 Å². The van der Waals surface area contributed by atoms with Gasteiger partial charge in [0, 0.05) is 12.4 Å². The van der Waals surface area contributed by atoms with E-state index in [1.165, 1.54) is 0 Å². The number of aldehydes is 1. The molecule has 0 unspecified atom stereocenters. The van der Waals surface area contributed by atoms with E-state index in [2.05, 4.69) is 9.97 Å². The van der Waals surface area contributed by atoms with E-state index in [1.54, 1.807) is 0 Å². The zero-order chi connectivity index (χ0) is 8.27. The first-order chi connectivity index (χ1) is 5.24. The Bertz CT molecular complexity index is 280. The number of aromatic nitrogens is 2. The van der Waals surface area contributed by atoms with Crippen LogP contribution in [0.5, 0.6) is 0 Å². The second-order valence-corrected chi connectivity index (χ2v) is 1.76. The average Bonchev–Trinajstić information content (AvgIpc) is 2.05. The molecule has 0 aromatic carbocycles. The molecule has 0 spiro atoms. The highest BCUT2D eigenvalue weighted by atomic mass is 16.4. The van der Waals surface area contributed by atoms with Crippen molar-refractivity contribution in [1.82, 2.24) is 9.97 Å². The minimum absolute atomic E-state index is 0.259. The van der Waals surface area contributed by atoms with Crippen LogP contribution in [0, 0.1) is 0 Å². The summed E-state index contributed by atoms with van der Waals surface area (Å²) >= 11 is 0. The van der Waals surface area contributed by atoms with E-state index in [0.717, 1.165) is 12.4 Å². The fourth-order valence-electron chi connectivity index (χ4n) is 0.509. The first kappa shape index (κ1) is 7.33. The summed E-state index contributed by atoms with van der Waals surface area (Å²) in [4.78, 5) is 27.1. The third-order valence-electron chi connectivity index (χ3n) is 0.999. The number of carbonyl (C=O) groups excluding carboxylic acids is 1. The molecule has 0 aliphatic carbocycles. The molecule has 11 heavy (non-hydrogen) atoms. The number of nitrogens with zero attached hydrogens (tertiary/aromatic N) is 2. The summed E-state index contributed by atoms with van der Waals surface area (Å²) in [7, 11) is 0. The molecule has 0 aliphatic rings. The fourth-order valence-corrected chi connectivity index (χ4v) is 0.509. The molecule has 0 fully saturated rings. The molecule has 56 valence electrons. The van der Waals surface area contributed by atoms with Crippen LogP contribution < -0.4 is 0 Å². The summed E-state index contributed by atoms with van der Waals surface area (Å²) in [5.41, 5.74) is 0.259. The third kappa shape index (κ3) is 1.57. The number of carbonyl (C=O) groups is 2. The maximum Gasteiger partial charge on any atom is 0.373 e. The van der Waals surface area contributed by atoms with Gasteiger partial charge in [-0.05, 0) is 0 Å². The topological polar surface area (TPSA) is 80.2 Å². The van der Waals surface area contributed by atoms with Gasteiger partial charge in [-0.1, -0.05) is 0 Å². The van der Waals surface area contributed by atoms with Gasteiger partial charge in [0.05, 0.1) is 5.56 Å². The van der Waals surface area contributed by atoms with E-state index >= 15 is 0 Å². The van der Waals surface area contributed by atoms with Gasteiger partial charge >= 0.3 is 5.97 Å². The molecule has 1 aromatic heterocycles. The van der Waals surface area contributed by atoms with Gasteiger partial charge in [0.1, 0.15) is 0 Å². The van der Waals surface area contributed by atoms with E-state index in [0.29, 0.717) is 6.29 Å². The fraction of sp³-hybridized carbons (Fsp3) is 0. The van der Waals surface area contributed by atoms with Crippen LogP contribution in [0.3, 0.4) is 0 Å². The van der Waals surface area contributed by atoms with Crippen molar-refractivity contribution in [2.45, 2.75) is 0 Å². The number of rotatable bonds is 2. The predicted molar refractivity (Wildman–Crippen MR) is 34.4 cm³/mol. The highest BCUT2D eigenvalue weighted by molar-refractivity contribution is 5.83. The Kier molecular flexibility index (Phi) is 1.91. The van der Waals surface area contributed by atoms with Crippen LogP contribution in [0.1, 0.15) is 21.0 Å². The van der Waals surface area contributed by atoms with Crippen LogP contribution in [0.2, 0.25) is 0 Å². The molecule has 0 bridgehead atoms. The number of carboxylic acid groups (broad SMARTS) is 1. The highest BCUT2D eigenvalue weighted by Crippen LogP contribution is 1.91. The molecule has 0 saturated carbocycles. The van der Waals surface area contributed by atoms with Crippen molar-refractivity contribution in [3.8, 4) is 0 Å². The first-order valence-electron chi connectivity index (χ1n) is 2.74. The van der Waals surface area contributed by atoms with Gasteiger partial charge in [-0.25, -0.2) is 14.8 Å². The van der Waals surface area contributed by atoms with E-state index < -0.39 is 5.97 Å². The maximum absolute atomic E-state index is 10.2. The van der Waals surface area contributed by atoms with Crippen molar-refractivity contribution < 1.29 is 14.7 Å². The molecule has 1 aromatic rings. The Labute approximate surface area is 61.7 Å². The van der Waals surface area contributed by atoms with Gasteiger partial charge in [-0.2, -0.15) is 0 Å². The Balaban J connectivity index is 3.00. The molecule has 1 rings (SSSR count). The minimum atomic E-state index is -1.21. The molecule has 0 radical (unpaired) electrons. The Morgan fingerprint density at radius 3 is 2.36 bits per heavy atom. The van der Waals surface area contributed by atoms with Crippen molar-refractivity contribution in [3.63, 3.8) is 0 Å². The molecule has 1 N–H and O–H groups in total. The Morgan fingerprint density at radius 2 is 2.00 bits per heavy atom. The second-order valence-electron chi connectivity index (χ2n) is 1.76. The first-order valence-corrected chi connectivity index (χ1v) is 2.74. The summed E-state index contributed by atoms with van der Waals surface area (Å²) in [5, 5.41) is 8.34. The lowest BCUT2D eigenvalue weighted by Crippen LogP contribution is -2.03. The highest BCUT2D eigenvalue weighted by Gasteiger charge is 2.04.